The predicted molar refractivity (Wildman–Crippen MR) is 69.0 cm³/mol. The van der Waals surface area contributed by atoms with E-state index in [9.17, 15) is 4.79 Å². The zero-order valence-corrected chi connectivity index (χ0v) is 10.5. The van der Waals surface area contributed by atoms with Crippen LogP contribution >= 0.6 is 11.3 Å². The third-order valence-electron chi connectivity index (χ3n) is 2.50. The molecule has 0 bridgehead atoms. The zero-order chi connectivity index (χ0) is 12.1. The standard InChI is InChI=1S/C13H14N2OS/c1-2-15(10-11-6-4-3-5-7-11)13(16)12-14-8-9-17-12/h3-9H,2,10H2,1H3. The Hall–Kier alpha value is -1.68. The van der Waals surface area contributed by atoms with Gasteiger partial charge in [0.1, 0.15) is 0 Å². The van der Waals surface area contributed by atoms with Crippen LogP contribution in [0.25, 0.3) is 0 Å². The monoisotopic (exact) mass is 246 g/mol. The number of hydrogen-bond acceptors (Lipinski definition) is 3. The average molecular weight is 246 g/mol. The molecule has 0 fully saturated rings. The van der Waals surface area contributed by atoms with Gasteiger partial charge in [-0.15, -0.1) is 11.3 Å². The van der Waals surface area contributed by atoms with Crippen LogP contribution in [0, 0.1) is 0 Å². The van der Waals surface area contributed by atoms with E-state index in [0.717, 1.165) is 5.56 Å². The number of carbonyl (C=O) groups is 1. The zero-order valence-electron chi connectivity index (χ0n) is 9.67. The lowest BCUT2D eigenvalue weighted by atomic mass is 10.2. The van der Waals surface area contributed by atoms with E-state index in [1.165, 1.54) is 11.3 Å². The minimum atomic E-state index is 0.00588. The summed E-state index contributed by atoms with van der Waals surface area (Å²) in [7, 11) is 0. The Labute approximate surface area is 105 Å². The molecule has 2 rings (SSSR count). The van der Waals surface area contributed by atoms with Crippen LogP contribution in [0.3, 0.4) is 0 Å². The van der Waals surface area contributed by atoms with Crippen molar-refractivity contribution >= 4 is 17.2 Å². The van der Waals surface area contributed by atoms with Crippen molar-refractivity contribution in [3.05, 3.63) is 52.5 Å². The molecular weight excluding hydrogens is 232 g/mol. The van der Waals surface area contributed by atoms with Gasteiger partial charge in [-0.05, 0) is 12.5 Å². The Morgan fingerprint density at radius 2 is 2.12 bits per heavy atom. The van der Waals surface area contributed by atoms with Crippen molar-refractivity contribution in [3.8, 4) is 0 Å². The molecule has 0 atom stereocenters. The third kappa shape index (κ3) is 2.91. The quantitative estimate of drug-likeness (QED) is 0.831. The van der Waals surface area contributed by atoms with Crippen molar-refractivity contribution in [2.45, 2.75) is 13.5 Å². The molecule has 1 aromatic carbocycles. The Morgan fingerprint density at radius 1 is 1.35 bits per heavy atom. The van der Waals surface area contributed by atoms with Gasteiger partial charge in [0, 0.05) is 24.7 Å². The van der Waals surface area contributed by atoms with Crippen molar-refractivity contribution in [2.24, 2.45) is 0 Å². The van der Waals surface area contributed by atoms with Crippen LogP contribution in [0.15, 0.2) is 41.9 Å². The highest BCUT2D eigenvalue weighted by Gasteiger charge is 2.16. The smallest absolute Gasteiger partial charge is 0.283 e. The summed E-state index contributed by atoms with van der Waals surface area (Å²) < 4.78 is 0. The van der Waals surface area contributed by atoms with Gasteiger partial charge in [-0.2, -0.15) is 0 Å². The van der Waals surface area contributed by atoms with Gasteiger partial charge in [-0.3, -0.25) is 4.79 Å². The molecule has 0 N–H and O–H groups in total. The molecule has 2 aromatic rings. The topological polar surface area (TPSA) is 33.2 Å². The Kier molecular flexibility index (Phi) is 3.88. The van der Waals surface area contributed by atoms with Gasteiger partial charge in [-0.25, -0.2) is 4.98 Å². The molecule has 3 nitrogen and oxygen atoms in total. The van der Waals surface area contributed by atoms with Crippen LogP contribution in [0.4, 0.5) is 0 Å². The van der Waals surface area contributed by atoms with Gasteiger partial charge in [-0.1, -0.05) is 30.3 Å². The molecule has 0 saturated carbocycles. The number of amides is 1. The van der Waals surface area contributed by atoms with Crippen LogP contribution in [0.2, 0.25) is 0 Å². The maximum absolute atomic E-state index is 12.1. The number of carbonyl (C=O) groups excluding carboxylic acids is 1. The first-order valence-corrected chi connectivity index (χ1v) is 6.42. The Morgan fingerprint density at radius 3 is 2.71 bits per heavy atom. The summed E-state index contributed by atoms with van der Waals surface area (Å²) in [4.78, 5) is 18.0. The van der Waals surface area contributed by atoms with Crippen LogP contribution in [0.5, 0.6) is 0 Å². The SMILES string of the molecule is CCN(Cc1ccccc1)C(=O)c1nccs1. The van der Waals surface area contributed by atoms with E-state index < -0.39 is 0 Å². The van der Waals surface area contributed by atoms with E-state index in [-0.39, 0.29) is 5.91 Å². The van der Waals surface area contributed by atoms with Crippen molar-refractivity contribution in [2.75, 3.05) is 6.54 Å². The minimum Gasteiger partial charge on any atom is -0.333 e. The molecule has 1 heterocycles. The number of rotatable bonds is 4. The van der Waals surface area contributed by atoms with Gasteiger partial charge >= 0.3 is 0 Å². The molecule has 0 aliphatic heterocycles. The van der Waals surface area contributed by atoms with Crippen molar-refractivity contribution in [3.63, 3.8) is 0 Å². The Bertz CT molecular complexity index is 467. The first-order valence-electron chi connectivity index (χ1n) is 5.54. The number of benzene rings is 1. The molecule has 88 valence electrons. The summed E-state index contributed by atoms with van der Waals surface area (Å²) in [5, 5.41) is 2.38. The summed E-state index contributed by atoms with van der Waals surface area (Å²) in [6.45, 7) is 3.30. The number of thiazole rings is 1. The minimum absolute atomic E-state index is 0.00588. The molecule has 1 amide bonds. The first-order chi connectivity index (χ1) is 8.31. The molecule has 0 radical (unpaired) electrons. The van der Waals surface area contributed by atoms with Gasteiger partial charge < -0.3 is 4.90 Å². The second-order valence-electron chi connectivity index (χ2n) is 3.64. The third-order valence-corrected chi connectivity index (χ3v) is 3.26. The van der Waals surface area contributed by atoms with E-state index in [4.69, 9.17) is 0 Å². The molecule has 0 unspecified atom stereocenters. The second-order valence-corrected chi connectivity index (χ2v) is 4.54. The largest absolute Gasteiger partial charge is 0.333 e. The van der Waals surface area contributed by atoms with Crippen LogP contribution < -0.4 is 0 Å². The summed E-state index contributed by atoms with van der Waals surface area (Å²) in [5.41, 5.74) is 1.14. The molecule has 4 heteroatoms. The summed E-state index contributed by atoms with van der Waals surface area (Å²) in [6, 6.07) is 9.99. The molecule has 1 aromatic heterocycles. The fourth-order valence-corrected chi connectivity index (χ4v) is 2.20. The summed E-state index contributed by atoms with van der Waals surface area (Å²) in [5.74, 6) is 0.00588. The van der Waals surface area contributed by atoms with E-state index in [1.54, 1.807) is 11.1 Å². The lowest BCUT2D eigenvalue weighted by Crippen LogP contribution is -2.30. The van der Waals surface area contributed by atoms with Crippen LogP contribution in [0.1, 0.15) is 22.3 Å². The van der Waals surface area contributed by atoms with Gasteiger partial charge in [0.2, 0.25) is 0 Å². The average Bonchev–Trinajstić information content (AvgIpc) is 2.90. The van der Waals surface area contributed by atoms with Crippen molar-refractivity contribution in [1.82, 2.24) is 9.88 Å². The van der Waals surface area contributed by atoms with E-state index in [0.29, 0.717) is 18.1 Å². The highest BCUT2D eigenvalue weighted by molar-refractivity contribution is 7.11. The molecular formula is C13H14N2OS. The number of hydrogen-bond donors (Lipinski definition) is 0. The molecule has 0 spiro atoms. The predicted octanol–water partition coefficient (Wildman–Crippen LogP) is 2.81. The van der Waals surface area contributed by atoms with Crippen molar-refractivity contribution in [1.29, 1.82) is 0 Å². The summed E-state index contributed by atoms with van der Waals surface area (Å²) in [6.07, 6.45) is 1.66. The maximum Gasteiger partial charge on any atom is 0.283 e. The van der Waals surface area contributed by atoms with Crippen LogP contribution in [-0.2, 0) is 6.54 Å². The highest BCUT2D eigenvalue weighted by Crippen LogP contribution is 2.11. The normalized spacial score (nSPS) is 10.2. The lowest BCUT2D eigenvalue weighted by molar-refractivity contribution is 0.0752. The van der Waals surface area contributed by atoms with Gasteiger partial charge in [0.15, 0.2) is 5.01 Å². The van der Waals surface area contributed by atoms with E-state index >= 15 is 0 Å². The second kappa shape index (κ2) is 5.59. The number of nitrogens with zero attached hydrogens (tertiary/aromatic N) is 2. The summed E-state index contributed by atoms with van der Waals surface area (Å²) >= 11 is 1.38. The van der Waals surface area contributed by atoms with Gasteiger partial charge in [0.25, 0.3) is 5.91 Å². The first kappa shape index (κ1) is 11.8. The number of aromatic nitrogens is 1. The fourth-order valence-electron chi connectivity index (χ4n) is 1.60. The molecule has 0 saturated heterocycles. The molecule has 0 aliphatic rings. The molecule has 0 aliphatic carbocycles. The van der Waals surface area contributed by atoms with Gasteiger partial charge in [0.05, 0.1) is 0 Å². The lowest BCUT2D eigenvalue weighted by Gasteiger charge is -2.19. The Balaban J connectivity index is 2.10. The van der Waals surface area contributed by atoms with E-state index in [1.807, 2.05) is 42.6 Å². The maximum atomic E-state index is 12.1. The van der Waals surface area contributed by atoms with Crippen molar-refractivity contribution < 1.29 is 4.79 Å². The fraction of sp³-hybridized carbons (Fsp3) is 0.231. The van der Waals surface area contributed by atoms with Crippen LogP contribution in [-0.4, -0.2) is 22.3 Å². The highest BCUT2D eigenvalue weighted by atomic mass is 32.1. The van der Waals surface area contributed by atoms with E-state index in [2.05, 4.69) is 4.98 Å². The molecule has 17 heavy (non-hydrogen) atoms.